The van der Waals surface area contributed by atoms with E-state index < -0.39 is 0 Å². The van der Waals surface area contributed by atoms with Crippen LogP contribution >= 0.6 is 0 Å². The summed E-state index contributed by atoms with van der Waals surface area (Å²) in [6, 6.07) is 10.3. The van der Waals surface area contributed by atoms with Crippen LogP contribution < -0.4 is 10.2 Å². The molecule has 6 nitrogen and oxygen atoms in total. The number of nitrogens with one attached hydrogen (secondary N) is 1. The number of carbonyl (C=O) groups is 2. The predicted octanol–water partition coefficient (Wildman–Crippen LogP) is 1.90. The Morgan fingerprint density at radius 2 is 2.00 bits per heavy atom. The van der Waals surface area contributed by atoms with Gasteiger partial charge in [0.2, 0.25) is 0 Å². The summed E-state index contributed by atoms with van der Waals surface area (Å²) in [5.41, 5.74) is 1.43. The lowest BCUT2D eigenvalue weighted by molar-refractivity contribution is -0.125. The van der Waals surface area contributed by atoms with Gasteiger partial charge in [-0.2, -0.15) is 0 Å². The van der Waals surface area contributed by atoms with Gasteiger partial charge in [-0.3, -0.25) is 9.59 Å². The highest BCUT2D eigenvalue weighted by atomic mass is 16.5. The molecule has 0 saturated carbocycles. The second kappa shape index (κ2) is 5.80. The largest absolute Gasteiger partial charge is 0.459 e. The van der Waals surface area contributed by atoms with E-state index in [0.717, 1.165) is 5.69 Å². The molecule has 2 heterocycles. The monoisotopic (exact) mass is 286 g/mol. The molecule has 1 aliphatic rings. The second-order valence-corrected chi connectivity index (χ2v) is 4.58. The highest BCUT2D eigenvalue weighted by molar-refractivity contribution is 6.02. The van der Waals surface area contributed by atoms with Gasteiger partial charge in [0.05, 0.1) is 12.9 Å². The van der Waals surface area contributed by atoms with Crippen LogP contribution in [-0.2, 0) is 9.53 Å². The molecule has 6 heteroatoms. The molecule has 1 N–H and O–H groups in total. The summed E-state index contributed by atoms with van der Waals surface area (Å²) in [6.45, 7) is 1.18. The quantitative estimate of drug-likeness (QED) is 0.935. The van der Waals surface area contributed by atoms with Crippen molar-refractivity contribution in [2.45, 2.75) is 0 Å². The Bertz CT molecular complexity index is 634. The van der Waals surface area contributed by atoms with Crippen molar-refractivity contribution < 1.29 is 18.7 Å². The molecule has 0 spiro atoms. The Morgan fingerprint density at radius 1 is 1.19 bits per heavy atom. The lowest BCUT2D eigenvalue weighted by atomic mass is 10.2. The molecular formula is C15H14N2O4. The lowest BCUT2D eigenvalue weighted by Crippen LogP contribution is -2.41. The van der Waals surface area contributed by atoms with Crippen molar-refractivity contribution in [1.29, 1.82) is 0 Å². The number of amides is 2. The van der Waals surface area contributed by atoms with Crippen LogP contribution in [0.5, 0.6) is 0 Å². The third-order valence-electron chi connectivity index (χ3n) is 3.17. The van der Waals surface area contributed by atoms with Gasteiger partial charge in [0.15, 0.2) is 5.76 Å². The molecule has 108 valence electrons. The number of hydrogen-bond donors (Lipinski definition) is 1. The van der Waals surface area contributed by atoms with Crippen LogP contribution in [0.2, 0.25) is 0 Å². The van der Waals surface area contributed by atoms with E-state index in [1.807, 2.05) is 0 Å². The van der Waals surface area contributed by atoms with Crippen molar-refractivity contribution in [2.75, 3.05) is 30.0 Å². The van der Waals surface area contributed by atoms with Crippen LogP contribution in [0, 0.1) is 0 Å². The highest BCUT2D eigenvalue weighted by Gasteiger charge is 2.20. The number of morpholine rings is 1. The summed E-state index contributed by atoms with van der Waals surface area (Å²) in [7, 11) is 0. The molecule has 2 aromatic rings. The molecular weight excluding hydrogens is 272 g/mol. The van der Waals surface area contributed by atoms with Crippen molar-refractivity contribution in [1.82, 2.24) is 0 Å². The van der Waals surface area contributed by atoms with E-state index in [0.29, 0.717) is 18.8 Å². The fraction of sp³-hybridized carbons (Fsp3) is 0.200. The van der Waals surface area contributed by atoms with Crippen molar-refractivity contribution in [3.05, 3.63) is 48.4 Å². The van der Waals surface area contributed by atoms with E-state index in [4.69, 9.17) is 9.15 Å². The number of nitrogens with zero attached hydrogens (tertiary/aromatic N) is 1. The summed E-state index contributed by atoms with van der Waals surface area (Å²) >= 11 is 0. The smallest absolute Gasteiger partial charge is 0.291 e. The molecule has 1 aromatic carbocycles. The minimum absolute atomic E-state index is 0.0615. The Hall–Kier alpha value is -2.60. The van der Waals surface area contributed by atoms with Gasteiger partial charge in [0.1, 0.15) is 6.61 Å². The first-order valence-corrected chi connectivity index (χ1v) is 6.57. The van der Waals surface area contributed by atoms with E-state index in [-0.39, 0.29) is 24.2 Å². The Morgan fingerprint density at radius 3 is 2.67 bits per heavy atom. The highest BCUT2D eigenvalue weighted by Crippen LogP contribution is 2.20. The van der Waals surface area contributed by atoms with E-state index in [1.54, 1.807) is 41.3 Å². The molecule has 0 atom stereocenters. The van der Waals surface area contributed by atoms with Gasteiger partial charge in [-0.25, -0.2) is 0 Å². The SMILES string of the molecule is O=C(Nc1ccc(N2CCOCC2=O)cc1)c1ccco1. The van der Waals surface area contributed by atoms with Crippen LogP contribution in [0.3, 0.4) is 0 Å². The van der Waals surface area contributed by atoms with Crippen molar-refractivity contribution in [3.8, 4) is 0 Å². The van der Waals surface area contributed by atoms with E-state index >= 15 is 0 Å². The first-order chi connectivity index (χ1) is 10.2. The number of rotatable bonds is 3. The number of ether oxygens (including phenoxy) is 1. The summed E-state index contributed by atoms with van der Waals surface area (Å²) < 4.78 is 10.1. The van der Waals surface area contributed by atoms with Gasteiger partial charge >= 0.3 is 0 Å². The fourth-order valence-electron chi connectivity index (χ4n) is 2.12. The molecule has 0 radical (unpaired) electrons. The Balaban J connectivity index is 1.69. The molecule has 0 unspecified atom stereocenters. The zero-order valence-electron chi connectivity index (χ0n) is 11.2. The van der Waals surface area contributed by atoms with E-state index in [9.17, 15) is 9.59 Å². The van der Waals surface area contributed by atoms with Crippen molar-refractivity contribution in [2.24, 2.45) is 0 Å². The summed E-state index contributed by atoms with van der Waals surface area (Å²) in [6.07, 6.45) is 1.45. The molecule has 1 aliphatic heterocycles. The predicted molar refractivity (Wildman–Crippen MR) is 76.3 cm³/mol. The third-order valence-corrected chi connectivity index (χ3v) is 3.17. The standard InChI is InChI=1S/C15H14N2O4/c18-14-10-20-9-7-17(14)12-5-3-11(4-6-12)16-15(19)13-2-1-8-21-13/h1-6,8H,7,9-10H2,(H,16,19). The average Bonchev–Trinajstić information content (AvgIpc) is 3.03. The van der Waals surface area contributed by atoms with Gasteiger partial charge in [-0.15, -0.1) is 0 Å². The van der Waals surface area contributed by atoms with Crippen LogP contribution in [0.15, 0.2) is 47.1 Å². The van der Waals surface area contributed by atoms with Crippen molar-refractivity contribution in [3.63, 3.8) is 0 Å². The maximum Gasteiger partial charge on any atom is 0.291 e. The summed E-state index contributed by atoms with van der Waals surface area (Å²) in [5.74, 6) is -0.119. The number of hydrogen-bond acceptors (Lipinski definition) is 4. The van der Waals surface area contributed by atoms with Gasteiger partial charge < -0.3 is 19.4 Å². The van der Waals surface area contributed by atoms with Crippen molar-refractivity contribution >= 4 is 23.2 Å². The summed E-state index contributed by atoms with van der Waals surface area (Å²) in [4.78, 5) is 25.2. The minimum Gasteiger partial charge on any atom is -0.459 e. The van der Waals surface area contributed by atoms with Gasteiger partial charge in [0, 0.05) is 17.9 Å². The number of carbonyl (C=O) groups excluding carboxylic acids is 2. The number of anilines is 2. The minimum atomic E-state index is -0.310. The zero-order chi connectivity index (χ0) is 14.7. The molecule has 1 saturated heterocycles. The lowest BCUT2D eigenvalue weighted by Gasteiger charge is -2.26. The van der Waals surface area contributed by atoms with Crippen LogP contribution in [0.25, 0.3) is 0 Å². The summed E-state index contributed by atoms with van der Waals surface area (Å²) in [5, 5.41) is 2.72. The second-order valence-electron chi connectivity index (χ2n) is 4.58. The molecule has 0 bridgehead atoms. The Kier molecular flexibility index (Phi) is 3.70. The normalized spacial score (nSPS) is 15.0. The van der Waals surface area contributed by atoms with E-state index in [2.05, 4.69) is 5.32 Å². The van der Waals surface area contributed by atoms with Crippen LogP contribution in [0.1, 0.15) is 10.6 Å². The maximum absolute atomic E-state index is 11.8. The number of furan rings is 1. The molecule has 2 amide bonds. The average molecular weight is 286 g/mol. The molecule has 0 aliphatic carbocycles. The molecule has 1 aromatic heterocycles. The fourth-order valence-corrected chi connectivity index (χ4v) is 2.12. The van der Waals surface area contributed by atoms with Gasteiger partial charge in [0.25, 0.3) is 11.8 Å². The van der Waals surface area contributed by atoms with Crippen LogP contribution in [0.4, 0.5) is 11.4 Å². The molecule has 21 heavy (non-hydrogen) atoms. The topological polar surface area (TPSA) is 71.8 Å². The maximum atomic E-state index is 11.8. The third kappa shape index (κ3) is 2.95. The van der Waals surface area contributed by atoms with E-state index in [1.165, 1.54) is 6.26 Å². The molecule has 3 rings (SSSR count). The zero-order valence-corrected chi connectivity index (χ0v) is 11.2. The molecule has 1 fully saturated rings. The van der Waals surface area contributed by atoms with Gasteiger partial charge in [-0.05, 0) is 36.4 Å². The van der Waals surface area contributed by atoms with Crippen LogP contribution in [-0.4, -0.2) is 31.6 Å². The Labute approximate surface area is 121 Å². The number of benzene rings is 1. The van der Waals surface area contributed by atoms with Gasteiger partial charge in [-0.1, -0.05) is 0 Å². The first kappa shape index (κ1) is 13.4. The first-order valence-electron chi connectivity index (χ1n) is 6.57.